The zero-order valence-electron chi connectivity index (χ0n) is 20.3. The van der Waals surface area contributed by atoms with E-state index in [1.807, 2.05) is 0 Å². The van der Waals surface area contributed by atoms with Crippen molar-refractivity contribution in [2.24, 2.45) is 5.73 Å². The van der Waals surface area contributed by atoms with Crippen LogP contribution in [-0.2, 0) is 4.79 Å². The van der Waals surface area contributed by atoms with Gasteiger partial charge in [0.15, 0.2) is 6.61 Å². The molecule has 0 saturated carbocycles. The molecule has 0 aliphatic heterocycles. The van der Waals surface area contributed by atoms with Gasteiger partial charge in [0.25, 0.3) is 11.5 Å². The predicted octanol–water partition coefficient (Wildman–Crippen LogP) is 4.66. The molecule has 1 unspecified atom stereocenters. The number of alkyl halides is 3. The number of methoxy groups -OCH3 is 1. The van der Waals surface area contributed by atoms with Crippen molar-refractivity contribution in [1.82, 2.24) is 9.97 Å². The molecule has 0 saturated heterocycles. The first-order valence-corrected chi connectivity index (χ1v) is 11.7. The second-order valence-electron chi connectivity index (χ2n) is 8.15. The van der Waals surface area contributed by atoms with E-state index >= 15 is 0 Å². The van der Waals surface area contributed by atoms with Gasteiger partial charge in [-0.1, -0.05) is 24.9 Å². The van der Waals surface area contributed by atoms with Gasteiger partial charge >= 0.3 is 6.18 Å². The van der Waals surface area contributed by atoms with E-state index in [1.54, 1.807) is 6.92 Å². The van der Waals surface area contributed by atoms with E-state index in [0.29, 0.717) is 6.42 Å². The number of ether oxygens (including phenoxy) is 2. The fourth-order valence-electron chi connectivity index (χ4n) is 3.82. The Bertz CT molecular complexity index is 1380. The van der Waals surface area contributed by atoms with E-state index in [9.17, 15) is 27.6 Å². The molecule has 1 aromatic carbocycles. The lowest BCUT2D eigenvalue weighted by atomic mass is 9.87. The van der Waals surface area contributed by atoms with Crippen molar-refractivity contribution in [3.05, 3.63) is 69.4 Å². The zero-order valence-corrected chi connectivity index (χ0v) is 21.1. The Labute approximate surface area is 220 Å². The van der Waals surface area contributed by atoms with Crippen LogP contribution in [-0.4, -0.2) is 41.7 Å². The van der Waals surface area contributed by atoms with Crippen LogP contribution >= 0.6 is 11.6 Å². The van der Waals surface area contributed by atoms with Crippen LogP contribution in [0.3, 0.4) is 0 Å². The van der Waals surface area contributed by atoms with Gasteiger partial charge in [0.2, 0.25) is 5.91 Å². The number of nitrogens with one attached hydrogen (secondary N) is 2. The number of rotatable bonds is 10. The molecular formula is C25H24ClF3N4O5. The van der Waals surface area contributed by atoms with Crippen molar-refractivity contribution < 1.29 is 32.2 Å². The number of nitrogens with zero attached hydrogens (tertiary/aromatic N) is 1. The molecule has 0 spiro atoms. The van der Waals surface area contributed by atoms with Gasteiger partial charge < -0.3 is 25.5 Å². The third-order valence-corrected chi connectivity index (χ3v) is 5.68. The smallest absolute Gasteiger partial charge is 0.422 e. The SMILES string of the molecule is CCCC(C(=O)Nc1ccc(C(N)=O)nc1)c1c(-c2cc(Cl)ccc2OCC(F)(F)F)c(OC)c[nH]c1=O. The van der Waals surface area contributed by atoms with Gasteiger partial charge in [0.1, 0.15) is 17.2 Å². The highest BCUT2D eigenvalue weighted by Gasteiger charge is 2.32. The molecule has 3 rings (SSSR count). The van der Waals surface area contributed by atoms with E-state index in [-0.39, 0.29) is 51.0 Å². The number of halogens is 4. The van der Waals surface area contributed by atoms with Gasteiger partial charge in [-0.2, -0.15) is 13.2 Å². The minimum atomic E-state index is -4.62. The molecule has 9 nitrogen and oxygen atoms in total. The van der Waals surface area contributed by atoms with Crippen molar-refractivity contribution in [1.29, 1.82) is 0 Å². The monoisotopic (exact) mass is 552 g/mol. The van der Waals surface area contributed by atoms with Crippen LogP contribution in [0.15, 0.2) is 47.5 Å². The summed E-state index contributed by atoms with van der Waals surface area (Å²) in [7, 11) is 1.31. The summed E-state index contributed by atoms with van der Waals surface area (Å²) in [5.41, 5.74) is 4.82. The Hall–Kier alpha value is -4.06. The summed E-state index contributed by atoms with van der Waals surface area (Å²) in [5, 5.41) is 2.81. The second-order valence-corrected chi connectivity index (χ2v) is 8.58. The summed E-state index contributed by atoms with van der Waals surface area (Å²) in [4.78, 5) is 44.3. The highest BCUT2D eigenvalue weighted by atomic mass is 35.5. The average Bonchev–Trinajstić information content (AvgIpc) is 2.86. The Kier molecular flexibility index (Phi) is 9.00. The lowest BCUT2D eigenvalue weighted by molar-refractivity contribution is -0.153. The van der Waals surface area contributed by atoms with Gasteiger partial charge in [-0.25, -0.2) is 4.98 Å². The van der Waals surface area contributed by atoms with E-state index in [0.717, 1.165) is 0 Å². The summed E-state index contributed by atoms with van der Waals surface area (Å²) in [6.07, 6.45) is -1.48. The number of pyridine rings is 2. The molecule has 0 fully saturated rings. The Morgan fingerprint density at radius 2 is 1.95 bits per heavy atom. The average molecular weight is 553 g/mol. The van der Waals surface area contributed by atoms with Crippen LogP contribution in [0.5, 0.6) is 11.5 Å². The maximum absolute atomic E-state index is 13.4. The highest BCUT2D eigenvalue weighted by Crippen LogP contribution is 2.42. The normalized spacial score (nSPS) is 12.1. The van der Waals surface area contributed by atoms with E-state index < -0.39 is 36.1 Å². The molecule has 13 heteroatoms. The van der Waals surface area contributed by atoms with Crippen LogP contribution < -0.4 is 26.1 Å². The molecule has 0 aliphatic carbocycles. The van der Waals surface area contributed by atoms with Gasteiger partial charge in [-0.05, 0) is 36.8 Å². The number of aromatic nitrogens is 2. The number of hydrogen-bond donors (Lipinski definition) is 3. The lowest BCUT2D eigenvalue weighted by Crippen LogP contribution is -2.28. The largest absolute Gasteiger partial charge is 0.495 e. The summed E-state index contributed by atoms with van der Waals surface area (Å²) in [5.74, 6) is -2.54. The van der Waals surface area contributed by atoms with Crippen LogP contribution in [0, 0.1) is 0 Å². The van der Waals surface area contributed by atoms with Gasteiger partial charge in [0.05, 0.1) is 24.9 Å². The molecule has 202 valence electrons. The minimum Gasteiger partial charge on any atom is -0.495 e. The molecule has 2 aromatic heterocycles. The molecule has 3 aromatic rings. The van der Waals surface area contributed by atoms with Crippen molar-refractivity contribution in [3.63, 3.8) is 0 Å². The van der Waals surface area contributed by atoms with E-state index in [4.69, 9.17) is 26.8 Å². The summed E-state index contributed by atoms with van der Waals surface area (Å²) >= 11 is 6.17. The molecule has 2 amide bonds. The predicted molar refractivity (Wildman–Crippen MR) is 135 cm³/mol. The Balaban J connectivity index is 2.15. The number of H-pyrrole nitrogens is 1. The number of carbonyl (C=O) groups excluding carboxylic acids is 2. The number of aromatic amines is 1. The molecule has 38 heavy (non-hydrogen) atoms. The molecule has 0 aliphatic rings. The number of anilines is 1. The van der Waals surface area contributed by atoms with Crippen molar-refractivity contribution in [2.45, 2.75) is 31.9 Å². The Morgan fingerprint density at radius 1 is 1.21 bits per heavy atom. The quantitative estimate of drug-likeness (QED) is 0.334. The third-order valence-electron chi connectivity index (χ3n) is 5.44. The maximum atomic E-state index is 13.4. The summed E-state index contributed by atoms with van der Waals surface area (Å²) in [6, 6.07) is 6.67. The topological polar surface area (TPSA) is 136 Å². The van der Waals surface area contributed by atoms with Crippen LogP contribution in [0.25, 0.3) is 11.1 Å². The number of hydrogen-bond acceptors (Lipinski definition) is 6. The number of carbonyl (C=O) groups is 2. The fourth-order valence-corrected chi connectivity index (χ4v) is 3.99. The number of benzene rings is 1. The van der Waals surface area contributed by atoms with E-state index in [1.165, 1.54) is 49.8 Å². The van der Waals surface area contributed by atoms with Gasteiger partial charge in [-0.3, -0.25) is 14.4 Å². The molecule has 0 radical (unpaired) electrons. The third kappa shape index (κ3) is 6.82. The van der Waals surface area contributed by atoms with Crippen LogP contribution in [0.1, 0.15) is 41.7 Å². The van der Waals surface area contributed by atoms with Gasteiger partial charge in [-0.15, -0.1) is 0 Å². The maximum Gasteiger partial charge on any atom is 0.422 e. The molecular weight excluding hydrogens is 529 g/mol. The standard InChI is InChI=1S/C25H24ClF3N4O5/c1-3-4-15(23(35)33-14-6-7-17(22(30)34)31-10-14)21-20(19(37-2)11-32-24(21)36)16-9-13(26)5-8-18(16)38-12-25(27,28)29/h5-11,15H,3-4,12H2,1-2H3,(H2,30,34)(H,32,36)(H,33,35). The van der Waals surface area contributed by atoms with E-state index in [2.05, 4.69) is 15.3 Å². The first-order valence-electron chi connectivity index (χ1n) is 11.3. The Morgan fingerprint density at radius 3 is 2.53 bits per heavy atom. The number of nitrogens with two attached hydrogens (primary N) is 1. The van der Waals surface area contributed by atoms with Crippen molar-refractivity contribution in [3.8, 4) is 22.6 Å². The zero-order chi connectivity index (χ0) is 28.0. The summed E-state index contributed by atoms with van der Waals surface area (Å²) in [6.45, 7) is 0.213. The van der Waals surface area contributed by atoms with Crippen molar-refractivity contribution in [2.75, 3.05) is 19.0 Å². The summed E-state index contributed by atoms with van der Waals surface area (Å²) < 4.78 is 49.3. The lowest BCUT2D eigenvalue weighted by Gasteiger charge is -2.22. The molecule has 4 N–H and O–H groups in total. The van der Waals surface area contributed by atoms with Crippen LogP contribution in [0.4, 0.5) is 18.9 Å². The minimum absolute atomic E-state index is 0.00743. The first-order chi connectivity index (χ1) is 17.9. The molecule has 1 atom stereocenters. The highest BCUT2D eigenvalue weighted by molar-refractivity contribution is 6.31. The second kappa shape index (κ2) is 12.0. The first kappa shape index (κ1) is 28.5. The van der Waals surface area contributed by atoms with Crippen molar-refractivity contribution >= 4 is 29.1 Å². The number of primary amides is 1. The van der Waals surface area contributed by atoms with Crippen LogP contribution in [0.2, 0.25) is 5.02 Å². The van der Waals surface area contributed by atoms with Gasteiger partial charge in [0, 0.05) is 27.9 Å². The number of amides is 2. The molecule has 0 bridgehead atoms. The molecule has 2 heterocycles. The fraction of sp³-hybridized carbons (Fsp3) is 0.280.